The first-order chi connectivity index (χ1) is 7.66. The summed E-state index contributed by atoms with van der Waals surface area (Å²) in [5.41, 5.74) is 0.210. The minimum absolute atomic E-state index is 0.125. The Balaban J connectivity index is 2.01. The molecular formula is C12H15F2NO. The molecule has 1 aliphatic carbocycles. The van der Waals surface area contributed by atoms with Crippen molar-refractivity contribution >= 4 is 5.69 Å². The van der Waals surface area contributed by atoms with E-state index in [9.17, 15) is 13.9 Å². The standard InChI is InChI=1S/C12H15F2NO/c13-10-2-1-3-11(12(10)14)15-8-4-6-9(16)7-5-8/h1-3,8-9,15-16H,4-7H2. The maximum atomic E-state index is 13.3. The van der Waals surface area contributed by atoms with Gasteiger partial charge < -0.3 is 10.4 Å². The fraction of sp³-hybridized carbons (Fsp3) is 0.500. The molecule has 0 atom stereocenters. The summed E-state index contributed by atoms with van der Waals surface area (Å²) >= 11 is 0. The maximum Gasteiger partial charge on any atom is 0.181 e. The van der Waals surface area contributed by atoms with Crippen molar-refractivity contribution < 1.29 is 13.9 Å². The quantitative estimate of drug-likeness (QED) is 0.814. The predicted octanol–water partition coefficient (Wildman–Crippen LogP) is 2.68. The van der Waals surface area contributed by atoms with Gasteiger partial charge in [0, 0.05) is 6.04 Å². The lowest BCUT2D eigenvalue weighted by atomic mass is 9.93. The molecule has 0 heterocycles. The number of hydrogen-bond donors (Lipinski definition) is 2. The summed E-state index contributed by atoms with van der Waals surface area (Å²) < 4.78 is 26.3. The molecule has 0 aliphatic heterocycles. The molecule has 0 aromatic heterocycles. The first-order valence-corrected chi connectivity index (χ1v) is 5.55. The van der Waals surface area contributed by atoms with E-state index in [2.05, 4.69) is 5.32 Å². The van der Waals surface area contributed by atoms with E-state index in [0.29, 0.717) is 12.8 Å². The fourth-order valence-electron chi connectivity index (χ4n) is 2.06. The van der Waals surface area contributed by atoms with E-state index < -0.39 is 11.6 Å². The molecule has 1 aromatic carbocycles. The third-order valence-electron chi connectivity index (χ3n) is 3.01. The SMILES string of the molecule is OC1CCC(Nc2cccc(F)c2F)CC1. The average Bonchev–Trinajstić information content (AvgIpc) is 2.28. The average molecular weight is 227 g/mol. The van der Waals surface area contributed by atoms with E-state index in [4.69, 9.17) is 0 Å². The molecular weight excluding hydrogens is 212 g/mol. The molecule has 1 aliphatic rings. The van der Waals surface area contributed by atoms with E-state index in [0.717, 1.165) is 18.9 Å². The number of anilines is 1. The molecule has 4 heteroatoms. The summed E-state index contributed by atoms with van der Waals surface area (Å²) in [6, 6.07) is 4.24. The number of rotatable bonds is 2. The third kappa shape index (κ3) is 2.50. The van der Waals surface area contributed by atoms with Crippen LogP contribution in [0, 0.1) is 11.6 Å². The van der Waals surface area contributed by atoms with Crippen LogP contribution in [0.4, 0.5) is 14.5 Å². The maximum absolute atomic E-state index is 13.3. The minimum Gasteiger partial charge on any atom is -0.393 e. The molecule has 1 fully saturated rings. The Hall–Kier alpha value is -1.16. The van der Waals surface area contributed by atoms with Gasteiger partial charge >= 0.3 is 0 Å². The molecule has 88 valence electrons. The highest BCUT2D eigenvalue weighted by atomic mass is 19.2. The molecule has 0 unspecified atom stereocenters. The highest BCUT2D eigenvalue weighted by molar-refractivity contribution is 5.45. The van der Waals surface area contributed by atoms with Crippen LogP contribution >= 0.6 is 0 Å². The molecule has 2 rings (SSSR count). The highest BCUT2D eigenvalue weighted by Crippen LogP contribution is 2.24. The molecule has 1 saturated carbocycles. The summed E-state index contributed by atoms with van der Waals surface area (Å²) in [4.78, 5) is 0. The van der Waals surface area contributed by atoms with Gasteiger partial charge in [-0.3, -0.25) is 0 Å². The van der Waals surface area contributed by atoms with Gasteiger partial charge in [-0.15, -0.1) is 0 Å². The Bertz CT molecular complexity index is 362. The van der Waals surface area contributed by atoms with Crippen LogP contribution in [-0.4, -0.2) is 17.3 Å². The number of hydrogen-bond acceptors (Lipinski definition) is 2. The lowest BCUT2D eigenvalue weighted by molar-refractivity contribution is 0.126. The molecule has 0 spiro atoms. The summed E-state index contributed by atoms with van der Waals surface area (Å²) in [5.74, 6) is -1.66. The van der Waals surface area contributed by atoms with Crippen molar-refractivity contribution in [3.8, 4) is 0 Å². The smallest absolute Gasteiger partial charge is 0.181 e. The monoisotopic (exact) mass is 227 g/mol. The van der Waals surface area contributed by atoms with Gasteiger partial charge in [-0.1, -0.05) is 6.07 Å². The first-order valence-electron chi connectivity index (χ1n) is 5.55. The molecule has 2 nitrogen and oxygen atoms in total. The largest absolute Gasteiger partial charge is 0.393 e. The van der Waals surface area contributed by atoms with Crippen LogP contribution < -0.4 is 5.32 Å². The van der Waals surface area contributed by atoms with Crippen LogP contribution in [0.25, 0.3) is 0 Å². The Morgan fingerprint density at radius 3 is 2.50 bits per heavy atom. The summed E-state index contributed by atoms with van der Waals surface area (Å²) in [6.07, 6.45) is 2.77. The number of halogens is 2. The topological polar surface area (TPSA) is 32.3 Å². The van der Waals surface area contributed by atoms with Gasteiger partial charge in [0.15, 0.2) is 11.6 Å². The summed E-state index contributed by atoms with van der Waals surface area (Å²) in [6.45, 7) is 0. The molecule has 0 saturated heterocycles. The van der Waals surface area contributed by atoms with E-state index in [1.54, 1.807) is 0 Å². The van der Waals surface area contributed by atoms with Gasteiger partial charge in [-0.05, 0) is 37.8 Å². The van der Waals surface area contributed by atoms with Crippen molar-refractivity contribution in [2.75, 3.05) is 5.32 Å². The summed E-state index contributed by atoms with van der Waals surface area (Å²) in [7, 11) is 0. The Labute approximate surface area is 93.3 Å². The van der Waals surface area contributed by atoms with Gasteiger partial charge in [0.1, 0.15) is 0 Å². The lowest BCUT2D eigenvalue weighted by Crippen LogP contribution is -2.28. The Morgan fingerprint density at radius 1 is 1.12 bits per heavy atom. The fourth-order valence-corrected chi connectivity index (χ4v) is 2.06. The van der Waals surface area contributed by atoms with Crippen molar-refractivity contribution in [3.63, 3.8) is 0 Å². The van der Waals surface area contributed by atoms with Gasteiger partial charge in [0.25, 0.3) is 0 Å². The second kappa shape index (κ2) is 4.78. The molecule has 1 aromatic rings. The van der Waals surface area contributed by atoms with Crippen LogP contribution in [0.3, 0.4) is 0 Å². The van der Waals surface area contributed by atoms with Crippen LogP contribution in [0.5, 0.6) is 0 Å². The zero-order valence-corrected chi connectivity index (χ0v) is 8.92. The number of benzene rings is 1. The second-order valence-corrected chi connectivity index (χ2v) is 4.25. The highest BCUT2D eigenvalue weighted by Gasteiger charge is 2.20. The van der Waals surface area contributed by atoms with Gasteiger partial charge in [-0.25, -0.2) is 8.78 Å². The van der Waals surface area contributed by atoms with E-state index in [1.807, 2.05) is 0 Å². The van der Waals surface area contributed by atoms with Crippen molar-refractivity contribution in [2.45, 2.75) is 37.8 Å². The molecule has 0 amide bonds. The predicted molar refractivity (Wildman–Crippen MR) is 58.2 cm³/mol. The number of aliphatic hydroxyl groups excluding tert-OH is 1. The zero-order chi connectivity index (χ0) is 11.5. The van der Waals surface area contributed by atoms with Crippen LogP contribution in [-0.2, 0) is 0 Å². The van der Waals surface area contributed by atoms with E-state index in [1.165, 1.54) is 12.1 Å². The van der Waals surface area contributed by atoms with Gasteiger partial charge in [0.2, 0.25) is 0 Å². The van der Waals surface area contributed by atoms with E-state index in [-0.39, 0.29) is 17.8 Å². The Morgan fingerprint density at radius 2 is 1.81 bits per heavy atom. The first kappa shape index (κ1) is 11.3. The minimum atomic E-state index is -0.833. The second-order valence-electron chi connectivity index (χ2n) is 4.25. The molecule has 2 N–H and O–H groups in total. The van der Waals surface area contributed by atoms with Crippen molar-refractivity contribution in [1.82, 2.24) is 0 Å². The zero-order valence-electron chi connectivity index (χ0n) is 8.92. The third-order valence-corrected chi connectivity index (χ3v) is 3.01. The summed E-state index contributed by atoms with van der Waals surface area (Å²) in [5, 5.41) is 12.3. The van der Waals surface area contributed by atoms with Gasteiger partial charge in [-0.2, -0.15) is 0 Å². The lowest BCUT2D eigenvalue weighted by Gasteiger charge is -2.27. The van der Waals surface area contributed by atoms with Crippen molar-refractivity contribution in [3.05, 3.63) is 29.8 Å². The molecule has 16 heavy (non-hydrogen) atoms. The van der Waals surface area contributed by atoms with Crippen molar-refractivity contribution in [2.24, 2.45) is 0 Å². The molecule has 0 radical (unpaired) electrons. The molecule has 0 bridgehead atoms. The number of aliphatic hydroxyl groups is 1. The number of nitrogens with one attached hydrogen (secondary N) is 1. The Kier molecular flexibility index (Phi) is 3.39. The van der Waals surface area contributed by atoms with E-state index >= 15 is 0 Å². The van der Waals surface area contributed by atoms with Crippen LogP contribution in [0.2, 0.25) is 0 Å². The normalized spacial score (nSPS) is 25.4. The van der Waals surface area contributed by atoms with Crippen molar-refractivity contribution in [1.29, 1.82) is 0 Å². The van der Waals surface area contributed by atoms with Crippen LogP contribution in [0.15, 0.2) is 18.2 Å². The van der Waals surface area contributed by atoms with Crippen LogP contribution in [0.1, 0.15) is 25.7 Å². The van der Waals surface area contributed by atoms with Gasteiger partial charge in [0.05, 0.1) is 11.8 Å².